The molecule has 17 heavy (non-hydrogen) atoms. The second-order valence-electron chi connectivity index (χ2n) is 4.50. The molecule has 88 valence electrons. The summed E-state index contributed by atoms with van der Waals surface area (Å²) in [6, 6.07) is 6.34. The minimum atomic E-state index is -0.377. The lowest BCUT2D eigenvalue weighted by Crippen LogP contribution is -2.21. The molecule has 0 unspecified atom stereocenters. The van der Waals surface area contributed by atoms with Crippen molar-refractivity contribution >= 4 is 0 Å². The predicted octanol–water partition coefficient (Wildman–Crippen LogP) is 2.19. The highest BCUT2D eigenvalue weighted by molar-refractivity contribution is 5.34. The van der Waals surface area contributed by atoms with Gasteiger partial charge in [-0.2, -0.15) is 0 Å². The summed E-state index contributed by atoms with van der Waals surface area (Å²) in [6.45, 7) is 0. The number of benzene rings is 1. The SMILES string of the molecule is Cn1cc(C2CC2)c(=O)n1-c1ccccc1F. The first kappa shape index (κ1) is 10.3. The van der Waals surface area contributed by atoms with Crippen LogP contribution in [0, 0.1) is 5.82 Å². The van der Waals surface area contributed by atoms with Crippen LogP contribution in [0.15, 0.2) is 35.3 Å². The van der Waals surface area contributed by atoms with E-state index in [1.807, 2.05) is 6.20 Å². The quantitative estimate of drug-likeness (QED) is 0.779. The van der Waals surface area contributed by atoms with Gasteiger partial charge in [-0.1, -0.05) is 12.1 Å². The third-order valence-electron chi connectivity index (χ3n) is 3.18. The van der Waals surface area contributed by atoms with Crippen molar-refractivity contribution in [2.24, 2.45) is 7.05 Å². The van der Waals surface area contributed by atoms with Crippen LogP contribution in [0.5, 0.6) is 0 Å². The van der Waals surface area contributed by atoms with E-state index in [1.54, 1.807) is 29.9 Å². The van der Waals surface area contributed by atoms with Crippen LogP contribution in [0.2, 0.25) is 0 Å². The van der Waals surface area contributed by atoms with Crippen LogP contribution < -0.4 is 5.56 Å². The smallest absolute Gasteiger partial charge is 0.274 e. The van der Waals surface area contributed by atoms with Gasteiger partial charge in [0, 0.05) is 18.8 Å². The lowest BCUT2D eigenvalue weighted by molar-refractivity contribution is 0.575. The second-order valence-corrected chi connectivity index (χ2v) is 4.50. The molecule has 1 aromatic heterocycles. The fourth-order valence-corrected chi connectivity index (χ4v) is 2.16. The molecule has 1 aliphatic rings. The highest BCUT2D eigenvalue weighted by Crippen LogP contribution is 2.38. The van der Waals surface area contributed by atoms with Crippen molar-refractivity contribution in [3.8, 4) is 5.69 Å². The van der Waals surface area contributed by atoms with E-state index in [0.717, 1.165) is 18.4 Å². The van der Waals surface area contributed by atoms with E-state index < -0.39 is 0 Å². The van der Waals surface area contributed by atoms with Crippen LogP contribution in [0.1, 0.15) is 24.3 Å². The zero-order chi connectivity index (χ0) is 12.0. The summed E-state index contributed by atoms with van der Waals surface area (Å²) in [5, 5.41) is 0. The first-order chi connectivity index (χ1) is 8.18. The van der Waals surface area contributed by atoms with Gasteiger partial charge in [-0.3, -0.25) is 9.48 Å². The van der Waals surface area contributed by atoms with Crippen LogP contribution in [0.25, 0.3) is 5.69 Å². The van der Waals surface area contributed by atoms with E-state index >= 15 is 0 Å². The Balaban J connectivity index is 2.21. The first-order valence-corrected chi connectivity index (χ1v) is 5.72. The van der Waals surface area contributed by atoms with Gasteiger partial charge in [0.25, 0.3) is 5.56 Å². The normalized spacial score (nSPS) is 15.2. The molecule has 1 heterocycles. The number of hydrogen-bond donors (Lipinski definition) is 0. The van der Waals surface area contributed by atoms with Crippen molar-refractivity contribution < 1.29 is 4.39 Å². The van der Waals surface area contributed by atoms with Gasteiger partial charge >= 0.3 is 0 Å². The Labute approximate surface area is 98.1 Å². The van der Waals surface area contributed by atoms with Crippen molar-refractivity contribution in [2.75, 3.05) is 0 Å². The standard InChI is InChI=1S/C13H13FN2O/c1-15-8-10(9-6-7-9)13(17)16(15)12-5-3-2-4-11(12)14/h2-5,8-9H,6-7H2,1H3. The van der Waals surface area contributed by atoms with Crippen LogP contribution in [-0.2, 0) is 7.05 Å². The molecule has 2 aromatic rings. The summed E-state index contributed by atoms with van der Waals surface area (Å²) in [6.07, 6.45) is 3.94. The summed E-state index contributed by atoms with van der Waals surface area (Å²) in [5.41, 5.74) is 1.02. The molecule has 4 heteroatoms. The number of nitrogens with zero attached hydrogens (tertiary/aromatic N) is 2. The molecule has 0 aliphatic heterocycles. The number of halogens is 1. The molecule has 1 aliphatic carbocycles. The van der Waals surface area contributed by atoms with Crippen molar-refractivity contribution in [2.45, 2.75) is 18.8 Å². The molecule has 0 bridgehead atoms. The minimum Gasteiger partial charge on any atom is -0.288 e. The van der Waals surface area contributed by atoms with Gasteiger partial charge in [-0.05, 0) is 30.9 Å². The summed E-state index contributed by atoms with van der Waals surface area (Å²) in [5.74, 6) is -0.000120. The molecule has 0 spiro atoms. The van der Waals surface area contributed by atoms with Crippen LogP contribution >= 0.6 is 0 Å². The fraction of sp³-hybridized carbons (Fsp3) is 0.308. The maximum Gasteiger partial charge on any atom is 0.274 e. The zero-order valence-corrected chi connectivity index (χ0v) is 9.56. The highest BCUT2D eigenvalue weighted by atomic mass is 19.1. The Kier molecular flexibility index (Phi) is 2.18. The number of aryl methyl sites for hydroxylation is 1. The maximum atomic E-state index is 13.7. The Morgan fingerprint density at radius 1 is 1.29 bits per heavy atom. The van der Waals surface area contributed by atoms with Crippen molar-refractivity contribution in [3.63, 3.8) is 0 Å². The van der Waals surface area contributed by atoms with E-state index in [-0.39, 0.29) is 11.4 Å². The molecule has 0 N–H and O–H groups in total. The van der Waals surface area contributed by atoms with Crippen LogP contribution in [0.3, 0.4) is 0 Å². The second kappa shape index (κ2) is 3.58. The largest absolute Gasteiger partial charge is 0.288 e. The van der Waals surface area contributed by atoms with Gasteiger partial charge in [0.05, 0.1) is 0 Å². The van der Waals surface area contributed by atoms with E-state index in [4.69, 9.17) is 0 Å². The molecule has 3 rings (SSSR count). The third kappa shape index (κ3) is 1.60. The first-order valence-electron chi connectivity index (χ1n) is 5.72. The van der Waals surface area contributed by atoms with Gasteiger partial charge in [0.15, 0.2) is 0 Å². The molecular weight excluding hydrogens is 219 g/mol. The summed E-state index contributed by atoms with van der Waals surface area (Å²) in [4.78, 5) is 12.2. The Bertz CT molecular complexity index is 623. The molecule has 1 saturated carbocycles. The topological polar surface area (TPSA) is 26.9 Å². The lowest BCUT2D eigenvalue weighted by Gasteiger charge is -2.07. The summed E-state index contributed by atoms with van der Waals surface area (Å²) in [7, 11) is 1.76. The predicted molar refractivity (Wildman–Crippen MR) is 62.9 cm³/mol. The number of hydrogen-bond acceptors (Lipinski definition) is 1. The van der Waals surface area contributed by atoms with Gasteiger partial charge in [0.1, 0.15) is 11.5 Å². The minimum absolute atomic E-state index is 0.0971. The Hall–Kier alpha value is -1.84. The fourth-order valence-electron chi connectivity index (χ4n) is 2.16. The van der Waals surface area contributed by atoms with Crippen molar-refractivity contribution in [3.05, 3.63) is 52.2 Å². The van der Waals surface area contributed by atoms with Crippen LogP contribution in [0.4, 0.5) is 4.39 Å². The molecule has 0 atom stereocenters. The van der Waals surface area contributed by atoms with Gasteiger partial charge in [0.2, 0.25) is 0 Å². The van der Waals surface area contributed by atoms with Gasteiger partial charge in [-0.25, -0.2) is 9.07 Å². The van der Waals surface area contributed by atoms with Gasteiger partial charge in [-0.15, -0.1) is 0 Å². The zero-order valence-electron chi connectivity index (χ0n) is 9.56. The van der Waals surface area contributed by atoms with Crippen molar-refractivity contribution in [1.29, 1.82) is 0 Å². The monoisotopic (exact) mass is 232 g/mol. The number of aromatic nitrogens is 2. The maximum absolute atomic E-state index is 13.7. The van der Waals surface area contributed by atoms with E-state index in [0.29, 0.717) is 11.6 Å². The average Bonchev–Trinajstić information content (AvgIpc) is 3.09. The molecule has 3 nitrogen and oxygen atoms in total. The molecule has 0 amide bonds. The van der Waals surface area contributed by atoms with Crippen LogP contribution in [-0.4, -0.2) is 9.36 Å². The lowest BCUT2D eigenvalue weighted by atomic mass is 10.2. The average molecular weight is 232 g/mol. The summed E-state index contributed by atoms with van der Waals surface area (Å²) < 4.78 is 16.7. The molecular formula is C13H13FN2O. The van der Waals surface area contributed by atoms with E-state index in [1.165, 1.54) is 10.7 Å². The Morgan fingerprint density at radius 3 is 2.65 bits per heavy atom. The molecule has 0 radical (unpaired) electrons. The molecule has 1 fully saturated rings. The van der Waals surface area contributed by atoms with E-state index in [2.05, 4.69) is 0 Å². The van der Waals surface area contributed by atoms with Crippen molar-refractivity contribution in [1.82, 2.24) is 9.36 Å². The summed E-state index contributed by atoms with van der Waals surface area (Å²) >= 11 is 0. The van der Waals surface area contributed by atoms with E-state index in [9.17, 15) is 9.18 Å². The van der Waals surface area contributed by atoms with Gasteiger partial charge < -0.3 is 0 Å². The number of para-hydroxylation sites is 1. The highest BCUT2D eigenvalue weighted by Gasteiger charge is 2.29. The number of rotatable bonds is 2. The Morgan fingerprint density at radius 2 is 2.00 bits per heavy atom. The third-order valence-corrected chi connectivity index (χ3v) is 3.18. The molecule has 1 aromatic carbocycles. The molecule has 0 saturated heterocycles.